The first-order chi connectivity index (χ1) is 11.8. The molecule has 0 fully saturated rings. The first-order valence-corrected chi connectivity index (χ1v) is 7.42. The highest BCUT2D eigenvalue weighted by atomic mass is 16.1. The first-order valence-electron chi connectivity index (χ1n) is 7.42. The van der Waals surface area contributed by atoms with Gasteiger partial charge in [0.05, 0.1) is 23.1 Å². The van der Waals surface area contributed by atoms with Crippen LogP contribution in [0.3, 0.4) is 0 Å². The number of nitrogens with zero attached hydrogens (tertiary/aromatic N) is 3. The Bertz CT molecular complexity index is 993. The number of rotatable bonds is 3. The van der Waals surface area contributed by atoms with E-state index in [9.17, 15) is 4.79 Å². The van der Waals surface area contributed by atoms with Crippen LogP contribution >= 0.6 is 0 Å². The van der Waals surface area contributed by atoms with Gasteiger partial charge in [0.1, 0.15) is 5.52 Å². The number of aromatic nitrogens is 4. The van der Waals surface area contributed by atoms with E-state index in [1.54, 1.807) is 12.4 Å². The van der Waals surface area contributed by atoms with E-state index in [1.165, 1.54) is 12.4 Å². The molecule has 2 N–H and O–H groups in total. The molecule has 2 heterocycles. The van der Waals surface area contributed by atoms with Gasteiger partial charge in [-0.05, 0) is 12.1 Å². The summed E-state index contributed by atoms with van der Waals surface area (Å²) in [6.45, 7) is 0. The number of H-pyrrole nitrogens is 1. The molecule has 0 bridgehead atoms. The summed E-state index contributed by atoms with van der Waals surface area (Å²) in [5.74, 6) is 0.312. The highest BCUT2D eigenvalue weighted by molar-refractivity contribution is 6.07. The lowest BCUT2D eigenvalue weighted by molar-refractivity contribution is 0.102. The molecule has 4 rings (SSSR count). The van der Waals surface area contributed by atoms with E-state index in [0.29, 0.717) is 22.6 Å². The van der Waals surface area contributed by atoms with Crippen molar-refractivity contribution < 1.29 is 4.79 Å². The van der Waals surface area contributed by atoms with Crippen LogP contribution in [-0.4, -0.2) is 25.8 Å². The average molecular weight is 315 g/mol. The number of para-hydroxylation sites is 1. The third kappa shape index (κ3) is 2.61. The number of carbonyl (C=O) groups is 1. The summed E-state index contributed by atoms with van der Waals surface area (Å²) in [6, 6.07) is 15.2. The predicted octanol–water partition coefficient (Wildman–Crippen LogP) is 3.27. The van der Waals surface area contributed by atoms with Crippen molar-refractivity contribution >= 4 is 22.6 Å². The lowest BCUT2D eigenvalue weighted by Gasteiger charge is -2.06. The van der Waals surface area contributed by atoms with E-state index in [-0.39, 0.29) is 5.91 Å². The van der Waals surface area contributed by atoms with E-state index in [0.717, 1.165) is 11.1 Å². The fourth-order valence-electron chi connectivity index (χ4n) is 2.44. The smallest absolute Gasteiger partial charge is 0.258 e. The minimum absolute atomic E-state index is 0.273. The van der Waals surface area contributed by atoms with Crippen molar-refractivity contribution in [3.8, 4) is 11.4 Å². The number of benzene rings is 2. The number of hydrogen-bond donors (Lipinski definition) is 2. The number of carbonyl (C=O) groups excluding carboxylic acids is 1. The molecule has 0 aliphatic heterocycles. The fraction of sp³-hybridized carbons (Fsp3) is 0. The summed E-state index contributed by atoms with van der Waals surface area (Å²) in [6.07, 6.45) is 4.64. The van der Waals surface area contributed by atoms with E-state index < -0.39 is 0 Å². The summed E-state index contributed by atoms with van der Waals surface area (Å²) < 4.78 is 0. The normalized spacial score (nSPS) is 10.7. The van der Waals surface area contributed by atoms with E-state index in [1.807, 2.05) is 42.5 Å². The molecule has 0 unspecified atom stereocenters. The van der Waals surface area contributed by atoms with Gasteiger partial charge in [-0.15, -0.1) is 0 Å². The number of nitrogens with one attached hydrogen (secondary N) is 2. The molecule has 0 saturated carbocycles. The quantitative estimate of drug-likeness (QED) is 0.608. The monoisotopic (exact) mass is 315 g/mol. The summed E-state index contributed by atoms with van der Waals surface area (Å²) in [4.78, 5) is 28.2. The maximum atomic E-state index is 12.4. The largest absolute Gasteiger partial charge is 0.345 e. The molecule has 0 saturated heterocycles. The van der Waals surface area contributed by atoms with Gasteiger partial charge < -0.3 is 10.3 Å². The van der Waals surface area contributed by atoms with Crippen LogP contribution in [0.2, 0.25) is 0 Å². The number of imidazole rings is 1. The number of fused-ring (bicyclic) bond motifs is 1. The Morgan fingerprint density at radius 2 is 1.71 bits per heavy atom. The van der Waals surface area contributed by atoms with Crippen LogP contribution in [-0.2, 0) is 0 Å². The molecular weight excluding hydrogens is 302 g/mol. The fourth-order valence-corrected chi connectivity index (χ4v) is 2.44. The standard InChI is InChI=1S/C18H13N5O/c24-18(23-15-8-4-7-14-16(15)22-11-21-14)13-9-19-17(20-10-13)12-5-2-1-3-6-12/h1-11H,(H,21,22)(H,23,24). The van der Waals surface area contributed by atoms with Gasteiger partial charge in [0.15, 0.2) is 5.82 Å². The second kappa shape index (κ2) is 5.92. The van der Waals surface area contributed by atoms with Gasteiger partial charge in [-0.3, -0.25) is 4.79 Å². The number of amides is 1. The maximum Gasteiger partial charge on any atom is 0.258 e. The van der Waals surface area contributed by atoms with E-state index in [4.69, 9.17) is 0 Å². The molecule has 116 valence electrons. The van der Waals surface area contributed by atoms with Gasteiger partial charge in [-0.2, -0.15) is 0 Å². The van der Waals surface area contributed by atoms with Crippen molar-refractivity contribution in [1.82, 2.24) is 19.9 Å². The summed E-state index contributed by atoms with van der Waals surface area (Å²) in [5, 5.41) is 2.85. The Labute approximate surface area is 137 Å². The van der Waals surface area contributed by atoms with Crippen molar-refractivity contribution in [3.63, 3.8) is 0 Å². The molecule has 0 atom stereocenters. The molecule has 2 aromatic heterocycles. The minimum atomic E-state index is -0.273. The van der Waals surface area contributed by atoms with Crippen LogP contribution in [0.4, 0.5) is 5.69 Å². The Kier molecular flexibility index (Phi) is 3.47. The zero-order valence-electron chi connectivity index (χ0n) is 12.6. The summed E-state index contributed by atoms with van der Waals surface area (Å²) in [5.41, 5.74) is 3.52. The topological polar surface area (TPSA) is 83.6 Å². The molecule has 0 radical (unpaired) electrons. The second-order valence-corrected chi connectivity index (χ2v) is 5.22. The van der Waals surface area contributed by atoms with Crippen LogP contribution in [0, 0.1) is 0 Å². The molecule has 0 aliphatic rings. The zero-order chi connectivity index (χ0) is 16.4. The van der Waals surface area contributed by atoms with Crippen molar-refractivity contribution in [2.75, 3.05) is 5.32 Å². The minimum Gasteiger partial charge on any atom is -0.345 e. The third-order valence-electron chi connectivity index (χ3n) is 3.64. The molecule has 24 heavy (non-hydrogen) atoms. The van der Waals surface area contributed by atoms with Crippen molar-refractivity contribution in [3.05, 3.63) is 72.8 Å². The van der Waals surface area contributed by atoms with Crippen molar-refractivity contribution in [2.45, 2.75) is 0 Å². The Hall–Kier alpha value is -3.54. The van der Waals surface area contributed by atoms with Gasteiger partial charge in [0.25, 0.3) is 5.91 Å². The molecule has 6 heteroatoms. The lowest BCUT2D eigenvalue weighted by atomic mass is 10.2. The average Bonchev–Trinajstić information content (AvgIpc) is 3.12. The van der Waals surface area contributed by atoms with Gasteiger partial charge in [-0.1, -0.05) is 36.4 Å². The molecule has 0 aliphatic carbocycles. The van der Waals surface area contributed by atoms with Crippen molar-refractivity contribution in [2.24, 2.45) is 0 Å². The highest BCUT2D eigenvalue weighted by Gasteiger charge is 2.11. The van der Waals surface area contributed by atoms with Crippen LogP contribution in [0.1, 0.15) is 10.4 Å². The molecule has 2 aromatic carbocycles. The van der Waals surface area contributed by atoms with Gasteiger partial charge in [-0.25, -0.2) is 15.0 Å². The molecule has 4 aromatic rings. The molecule has 6 nitrogen and oxygen atoms in total. The second-order valence-electron chi connectivity index (χ2n) is 5.22. The van der Waals surface area contributed by atoms with Crippen LogP contribution in [0.25, 0.3) is 22.4 Å². The predicted molar refractivity (Wildman–Crippen MR) is 91.5 cm³/mol. The number of hydrogen-bond acceptors (Lipinski definition) is 4. The lowest BCUT2D eigenvalue weighted by Crippen LogP contribution is -2.13. The maximum absolute atomic E-state index is 12.4. The van der Waals surface area contributed by atoms with Crippen LogP contribution < -0.4 is 5.32 Å². The molecule has 0 spiro atoms. The Morgan fingerprint density at radius 3 is 2.50 bits per heavy atom. The van der Waals surface area contributed by atoms with Crippen LogP contribution in [0.5, 0.6) is 0 Å². The SMILES string of the molecule is O=C(Nc1cccc2[nH]cnc12)c1cnc(-c2ccccc2)nc1. The van der Waals surface area contributed by atoms with Crippen LogP contribution in [0.15, 0.2) is 67.3 Å². The highest BCUT2D eigenvalue weighted by Crippen LogP contribution is 2.20. The van der Waals surface area contributed by atoms with E-state index >= 15 is 0 Å². The Balaban J connectivity index is 1.58. The third-order valence-corrected chi connectivity index (χ3v) is 3.64. The first kappa shape index (κ1) is 14.1. The number of aromatic amines is 1. The van der Waals surface area contributed by atoms with Gasteiger partial charge in [0, 0.05) is 18.0 Å². The summed E-state index contributed by atoms with van der Waals surface area (Å²) >= 11 is 0. The van der Waals surface area contributed by atoms with Crippen molar-refractivity contribution in [1.29, 1.82) is 0 Å². The molecular formula is C18H13N5O. The molecule has 1 amide bonds. The van der Waals surface area contributed by atoms with Gasteiger partial charge in [0.2, 0.25) is 0 Å². The zero-order valence-corrected chi connectivity index (χ0v) is 12.6. The van der Waals surface area contributed by atoms with Gasteiger partial charge >= 0.3 is 0 Å². The van der Waals surface area contributed by atoms with E-state index in [2.05, 4.69) is 25.3 Å². The Morgan fingerprint density at radius 1 is 0.917 bits per heavy atom. The summed E-state index contributed by atoms with van der Waals surface area (Å²) in [7, 11) is 0. The number of anilines is 1.